The SMILES string of the molecule is O=[P+](OC(Cl)(Cl)CCl)OC(Cl)(Cl)CCl. The van der Waals surface area contributed by atoms with Gasteiger partial charge in [0.25, 0.3) is 9.04 Å². The monoisotopic (exact) mass is 341 g/mol. The smallest absolute Gasteiger partial charge is 0.121 e. The summed E-state index contributed by atoms with van der Waals surface area (Å²) in [4.78, 5) is 0. The van der Waals surface area contributed by atoms with Gasteiger partial charge in [0, 0.05) is 4.57 Å². The Bertz CT molecular complexity index is 189. The van der Waals surface area contributed by atoms with Crippen molar-refractivity contribution < 1.29 is 13.6 Å². The van der Waals surface area contributed by atoms with Crippen molar-refractivity contribution in [2.45, 2.75) is 9.04 Å². The predicted octanol–water partition coefficient (Wildman–Crippen LogP) is 4.42. The first kappa shape index (κ1) is 15.8. The Morgan fingerprint density at radius 2 is 1.21 bits per heavy atom. The molecule has 0 aromatic rings. The first-order chi connectivity index (χ1) is 6.22. The molecular weight excluding hydrogens is 340 g/mol. The zero-order valence-electron chi connectivity index (χ0n) is 6.35. The third-order valence-electron chi connectivity index (χ3n) is 0.727. The minimum absolute atomic E-state index is 0.307. The Morgan fingerprint density at radius 3 is 1.43 bits per heavy atom. The number of hydrogen-bond acceptors (Lipinski definition) is 3. The van der Waals surface area contributed by atoms with Gasteiger partial charge in [0.2, 0.25) is 0 Å². The van der Waals surface area contributed by atoms with Crippen LogP contribution in [0.1, 0.15) is 0 Å². The van der Waals surface area contributed by atoms with E-state index in [4.69, 9.17) is 69.6 Å². The molecule has 0 rings (SSSR count). The minimum atomic E-state index is -2.71. The van der Waals surface area contributed by atoms with Gasteiger partial charge in [-0.3, -0.25) is 0 Å². The Kier molecular flexibility index (Phi) is 7.30. The van der Waals surface area contributed by atoms with Crippen molar-refractivity contribution in [3.63, 3.8) is 0 Å². The van der Waals surface area contributed by atoms with Crippen molar-refractivity contribution in [2.75, 3.05) is 11.8 Å². The molecule has 0 saturated heterocycles. The minimum Gasteiger partial charge on any atom is -0.121 e. The molecule has 10 heteroatoms. The molecule has 0 aromatic heterocycles. The van der Waals surface area contributed by atoms with Crippen LogP contribution in [0.15, 0.2) is 0 Å². The lowest BCUT2D eigenvalue weighted by molar-refractivity contribution is 0.179. The van der Waals surface area contributed by atoms with Crippen LogP contribution in [0.25, 0.3) is 0 Å². The fraction of sp³-hybridized carbons (Fsp3) is 1.00. The Morgan fingerprint density at radius 1 is 0.929 bits per heavy atom. The highest BCUT2D eigenvalue weighted by atomic mass is 35.5. The molecule has 0 saturated carbocycles. The van der Waals surface area contributed by atoms with Gasteiger partial charge in [-0.25, -0.2) is 0 Å². The quantitative estimate of drug-likeness (QED) is 0.529. The first-order valence-corrected chi connectivity index (χ1v) is 6.63. The van der Waals surface area contributed by atoms with Crippen molar-refractivity contribution in [1.82, 2.24) is 0 Å². The van der Waals surface area contributed by atoms with E-state index in [-0.39, 0.29) is 11.8 Å². The predicted molar refractivity (Wildman–Crippen MR) is 60.1 cm³/mol. The highest BCUT2D eigenvalue weighted by Crippen LogP contribution is 2.43. The van der Waals surface area contributed by atoms with Crippen LogP contribution in [-0.2, 0) is 13.6 Å². The molecule has 3 nitrogen and oxygen atoms in total. The molecule has 84 valence electrons. The van der Waals surface area contributed by atoms with E-state index in [2.05, 4.69) is 9.05 Å². The van der Waals surface area contributed by atoms with E-state index in [0.29, 0.717) is 0 Å². The van der Waals surface area contributed by atoms with Crippen molar-refractivity contribution in [3.8, 4) is 0 Å². The maximum atomic E-state index is 11.0. The summed E-state index contributed by atoms with van der Waals surface area (Å²) in [5, 5.41) is 0. The van der Waals surface area contributed by atoms with E-state index in [1.807, 2.05) is 0 Å². The molecule has 14 heavy (non-hydrogen) atoms. The van der Waals surface area contributed by atoms with E-state index in [0.717, 1.165) is 0 Å². The van der Waals surface area contributed by atoms with Crippen molar-refractivity contribution >= 4 is 77.9 Å². The highest BCUT2D eigenvalue weighted by Gasteiger charge is 2.44. The number of alkyl halides is 6. The molecule has 0 fully saturated rings. The van der Waals surface area contributed by atoms with E-state index in [1.54, 1.807) is 0 Å². The lowest BCUT2D eigenvalue weighted by Gasteiger charge is -2.10. The average Bonchev–Trinajstić information content (AvgIpc) is 2.02. The van der Waals surface area contributed by atoms with Gasteiger partial charge < -0.3 is 0 Å². The fourth-order valence-corrected chi connectivity index (χ4v) is 1.83. The highest BCUT2D eigenvalue weighted by molar-refractivity contribution is 7.33. The molecule has 0 spiro atoms. The van der Waals surface area contributed by atoms with Gasteiger partial charge in [-0.15, -0.1) is 23.2 Å². The maximum absolute atomic E-state index is 11.0. The standard InChI is InChI=1S/C4H4Cl6O3P/c5-1-3(7,8)12-14(11)13-4(9,10)2-6/h1-2H2/q+1. The number of hydrogen-bond donors (Lipinski definition) is 0. The van der Waals surface area contributed by atoms with Crippen LogP contribution in [0.5, 0.6) is 0 Å². The molecule has 0 aromatic carbocycles. The molecular formula is C4H4Cl6O3P+. The summed E-state index contributed by atoms with van der Waals surface area (Å²) >= 11 is 32.2. The molecule has 0 aliphatic rings. The molecule has 0 atom stereocenters. The molecule has 0 bridgehead atoms. The molecule has 0 amide bonds. The zero-order valence-corrected chi connectivity index (χ0v) is 11.8. The fourth-order valence-electron chi connectivity index (χ4n) is 0.286. The van der Waals surface area contributed by atoms with Crippen molar-refractivity contribution in [2.24, 2.45) is 0 Å². The van der Waals surface area contributed by atoms with Crippen molar-refractivity contribution in [1.29, 1.82) is 0 Å². The molecule has 0 N–H and O–H groups in total. The summed E-state index contributed by atoms with van der Waals surface area (Å²) in [7, 11) is -2.71. The van der Waals surface area contributed by atoms with E-state index >= 15 is 0 Å². The Balaban J connectivity index is 4.12. The van der Waals surface area contributed by atoms with E-state index in [9.17, 15) is 4.57 Å². The second-order valence-corrected chi connectivity index (χ2v) is 6.12. The zero-order chi connectivity index (χ0) is 11.4. The largest absolute Gasteiger partial charge is 0.703 e. The summed E-state index contributed by atoms with van der Waals surface area (Å²) < 4.78 is 16.4. The Labute approximate surface area is 112 Å². The Hall–Kier alpha value is 1.76. The number of halogens is 6. The molecule has 0 aliphatic carbocycles. The van der Waals surface area contributed by atoms with Crippen LogP contribution in [0.3, 0.4) is 0 Å². The summed E-state index contributed by atoms with van der Waals surface area (Å²) in [5.41, 5.74) is 0. The van der Waals surface area contributed by atoms with Gasteiger partial charge in [0.05, 0.1) is 11.8 Å². The van der Waals surface area contributed by atoms with Gasteiger partial charge in [0.15, 0.2) is 0 Å². The van der Waals surface area contributed by atoms with Crippen LogP contribution in [0.2, 0.25) is 0 Å². The van der Waals surface area contributed by atoms with Gasteiger partial charge in [-0.2, -0.15) is 0 Å². The van der Waals surface area contributed by atoms with Gasteiger partial charge in [-0.1, -0.05) is 55.5 Å². The summed E-state index contributed by atoms with van der Waals surface area (Å²) in [6.45, 7) is 0. The van der Waals surface area contributed by atoms with Crippen LogP contribution < -0.4 is 0 Å². The third kappa shape index (κ3) is 7.10. The van der Waals surface area contributed by atoms with Gasteiger partial charge in [0.1, 0.15) is 0 Å². The summed E-state index contributed by atoms with van der Waals surface area (Å²) in [5.74, 6) is -0.613. The second-order valence-electron chi connectivity index (χ2n) is 1.95. The topological polar surface area (TPSA) is 35.5 Å². The normalized spacial score (nSPS) is 13.0. The lowest BCUT2D eigenvalue weighted by Crippen LogP contribution is -2.20. The maximum Gasteiger partial charge on any atom is 0.703 e. The van der Waals surface area contributed by atoms with E-state index < -0.39 is 17.3 Å². The molecule has 0 aliphatic heterocycles. The average molecular weight is 344 g/mol. The lowest BCUT2D eigenvalue weighted by atomic mass is 10.8. The first-order valence-electron chi connectivity index (χ1n) is 2.95. The second kappa shape index (κ2) is 6.48. The molecule has 0 heterocycles. The van der Waals surface area contributed by atoms with Crippen LogP contribution in [0.4, 0.5) is 0 Å². The van der Waals surface area contributed by atoms with Crippen LogP contribution in [0, 0.1) is 0 Å². The van der Waals surface area contributed by atoms with Gasteiger partial charge in [-0.05, 0) is 0 Å². The molecule has 0 radical (unpaired) electrons. The third-order valence-corrected chi connectivity index (χ3v) is 4.22. The van der Waals surface area contributed by atoms with E-state index in [1.165, 1.54) is 0 Å². The van der Waals surface area contributed by atoms with Gasteiger partial charge >= 0.3 is 8.25 Å². The summed E-state index contributed by atoms with van der Waals surface area (Å²) in [6.07, 6.45) is 0. The van der Waals surface area contributed by atoms with Crippen LogP contribution >= 0.6 is 77.9 Å². The number of rotatable bonds is 6. The summed E-state index contributed by atoms with van der Waals surface area (Å²) in [6, 6.07) is 0. The van der Waals surface area contributed by atoms with Crippen molar-refractivity contribution in [3.05, 3.63) is 0 Å². The molecule has 0 unspecified atom stereocenters. The van der Waals surface area contributed by atoms with Crippen LogP contribution in [-0.4, -0.2) is 20.8 Å².